The van der Waals surface area contributed by atoms with Gasteiger partial charge in [-0.05, 0) is 54.3 Å². The number of halogens is 3. The number of piperidine rings is 1. The van der Waals surface area contributed by atoms with Crippen molar-refractivity contribution in [3.05, 3.63) is 68.4 Å². The Balaban J connectivity index is 1.96. The third-order valence-electron chi connectivity index (χ3n) is 4.14. The Morgan fingerprint density at radius 2 is 1.67 bits per heavy atom. The first-order chi connectivity index (χ1) is 10.1. The molecule has 0 bridgehead atoms. The van der Waals surface area contributed by atoms with Crippen LogP contribution in [0.5, 0.6) is 0 Å². The van der Waals surface area contributed by atoms with E-state index in [2.05, 4.69) is 61.4 Å². The zero-order valence-electron chi connectivity index (χ0n) is 11.5. The van der Waals surface area contributed by atoms with E-state index in [1.165, 1.54) is 5.56 Å². The zero-order valence-corrected chi connectivity index (χ0v) is 14.6. The second-order valence-electron chi connectivity index (χ2n) is 5.42. The fourth-order valence-corrected chi connectivity index (χ4v) is 3.69. The highest BCUT2D eigenvalue weighted by Gasteiger charge is 2.29. The standard InChI is InChI=1S/C17H16Br2FN/c18-12-3-1-11(2-4-12)16-10-21-8-7-14(16)15-6-5-13(19)9-17(15)20/h1-6,9,14,16,21H,7-8,10H2. The Kier molecular flexibility index (Phi) is 4.77. The van der Waals surface area contributed by atoms with Crippen LogP contribution < -0.4 is 5.32 Å². The molecule has 0 spiro atoms. The second kappa shape index (κ2) is 6.59. The molecular formula is C17H16Br2FN. The number of hydrogen-bond acceptors (Lipinski definition) is 1. The lowest BCUT2D eigenvalue weighted by Gasteiger charge is -2.33. The average Bonchev–Trinajstić information content (AvgIpc) is 2.48. The third-order valence-corrected chi connectivity index (χ3v) is 5.16. The molecule has 110 valence electrons. The summed E-state index contributed by atoms with van der Waals surface area (Å²) >= 11 is 6.80. The van der Waals surface area contributed by atoms with Crippen molar-refractivity contribution in [3.63, 3.8) is 0 Å². The summed E-state index contributed by atoms with van der Waals surface area (Å²) in [5.74, 6) is 0.418. The molecule has 2 aromatic rings. The van der Waals surface area contributed by atoms with Crippen LogP contribution in [0.25, 0.3) is 0 Å². The Hall–Kier alpha value is -0.710. The van der Waals surface area contributed by atoms with Crippen molar-refractivity contribution in [2.24, 2.45) is 0 Å². The lowest BCUT2D eigenvalue weighted by molar-refractivity contribution is 0.393. The average molecular weight is 413 g/mol. The van der Waals surface area contributed by atoms with E-state index in [4.69, 9.17) is 0 Å². The Morgan fingerprint density at radius 1 is 0.952 bits per heavy atom. The van der Waals surface area contributed by atoms with Gasteiger partial charge in [0.25, 0.3) is 0 Å². The van der Waals surface area contributed by atoms with E-state index < -0.39 is 0 Å². The molecule has 1 aliphatic heterocycles. The fourth-order valence-electron chi connectivity index (χ4n) is 3.09. The summed E-state index contributed by atoms with van der Waals surface area (Å²) in [5.41, 5.74) is 2.09. The van der Waals surface area contributed by atoms with Gasteiger partial charge in [0.15, 0.2) is 0 Å². The summed E-state index contributed by atoms with van der Waals surface area (Å²) in [4.78, 5) is 0. The Bertz CT molecular complexity index is 627. The van der Waals surface area contributed by atoms with Gasteiger partial charge in [0.05, 0.1) is 0 Å². The van der Waals surface area contributed by atoms with Gasteiger partial charge in [0, 0.05) is 21.4 Å². The minimum absolute atomic E-state index is 0.113. The van der Waals surface area contributed by atoms with E-state index in [0.717, 1.165) is 34.0 Å². The molecule has 1 fully saturated rings. The van der Waals surface area contributed by atoms with Gasteiger partial charge < -0.3 is 5.32 Å². The van der Waals surface area contributed by atoms with Gasteiger partial charge in [-0.25, -0.2) is 4.39 Å². The molecule has 3 rings (SSSR count). The van der Waals surface area contributed by atoms with Crippen molar-refractivity contribution in [1.82, 2.24) is 5.32 Å². The van der Waals surface area contributed by atoms with Gasteiger partial charge in [0.1, 0.15) is 5.82 Å². The molecule has 0 saturated carbocycles. The van der Waals surface area contributed by atoms with Crippen LogP contribution in [-0.2, 0) is 0 Å². The molecule has 21 heavy (non-hydrogen) atoms. The van der Waals surface area contributed by atoms with E-state index in [0.29, 0.717) is 5.92 Å². The molecule has 2 atom stereocenters. The highest BCUT2D eigenvalue weighted by molar-refractivity contribution is 9.10. The van der Waals surface area contributed by atoms with E-state index in [-0.39, 0.29) is 11.7 Å². The molecule has 2 aromatic carbocycles. The number of rotatable bonds is 2. The predicted molar refractivity (Wildman–Crippen MR) is 91.2 cm³/mol. The number of benzene rings is 2. The first kappa shape index (κ1) is 15.2. The Morgan fingerprint density at radius 3 is 2.38 bits per heavy atom. The molecule has 1 N–H and O–H groups in total. The van der Waals surface area contributed by atoms with Crippen molar-refractivity contribution >= 4 is 31.9 Å². The first-order valence-corrected chi connectivity index (χ1v) is 8.65. The summed E-state index contributed by atoms with van der Waals surface area (Å²) in [6, 6.07) is 13.8. The largest absolute Gasteiger partial charge is 0.316 e. The second-order valence-corrected chi connectivity index (χ2v) is 7.25. The van der Waals surface area contributed by atoms with Crippen LogP contribution in [0.3, 0.4) is 0 Å². The van der Waals surface area contributed by atoms with E-state index in [9.17, 15) is 4.39 Å². The highest BCUT2D eigenvalue weighted by Crippen LogP contribution is 2.39. The molecule has 1 nitrogen and oxygen atoms in total. The minimum Gasteiger partial charge on any atom is -0.316 e. The van der Waals surface area contributed by atoms with Gasteiger partial charge >= 0.3 is 0 Å². The van der Waals surface area contributed by atoms with Crippen LogP contribution in [0.1, 0.15) is 29.4 Å². The van der Waals surface area contributed by atoms with Crippen molar-refractivity contribution in [2.75, 3.05) is 13.1 Å². The fraction of sp³-hybridized carbons (Fsp3) is 0.294. The number of nitrogens with one attached hydrogen (secondary N) is 1. The molecule has 0 radical (unpaired) electrons. The van der Waals surface area contributed by atoms with Gasteiger partial charge in [0.2, 0.25) is 0 Å². The highest BCUT2D eigenvalue weighted by atomic mass is 79.9. The van der Waals surface area contributed by atoms with Crippen LogP contribution in [0, 0.1) is 5.82 Å². The van der Waals surface area contributed by atoms with Gasteiger partial charge in [-0.2, -0.15) is 0 Å². The normalized spacial score (nSPS) is 22.2. The van der Waals surface area contributed by atoms with Gasteiger partial charge in [-0.3, -0.25) is 0 Å². The van der Waals surface area contributed by atoms with Crippen LogP contribution in [0.2, 0.25) is 0 Å². The molecule has 0 amide bonds. The maximum absolute atomic E-state index is 14.3. The topological polar surface area (TPSA) is 12.0 Å². The van der Waals surface area contributed by atoms with E-state index >= 15 is 0 Å². The van der Waals surface area contributed by atoms with Crippen molar-refractivity contribution < 1.29 is 4.39 Å². The van der Waals surface area contributed by atoms with Gasteiger partial charge in [-0.15, -0.1) is 0 Å². The maximum Gasteiger partial charge on any atom is 0.127 e. The third kappa shape index (κ3) is 3.38. The SMILES string of the molecule is Fc1cc(Br)ccc1C1CCNCC1c1ccc(Br)cc1. The van der Waals surface area contributed by atoms with Crippen molar-refractivity contribution in [1.29, 1.82) is 0 Å². The maximum atomic E-state index is 14.3. The van der Waals surface area contributed by atoms with Crippen LogP contribution in [0.4, 0.5) is 4.39 Å². The summed E-state index contributed by atoms with van der Waals surface area (Å²) in [6.45, 7) is 1.83. The summed E-state index contributed by atoms with van der Waals surface area (Å²) in [6.07, 6.45) is 0.958. The van der Waals surface area contributed by atoms with Crippen molar-refractivity contribution in [2.45, 2.75) is 18.3 Å². The number of hydrogen-bond donors (Lipinski definition) is 1. The van der Waals surface area contributed by atoms with Gasteiger partial charge in [-0.1, -0.05) is 50.1 Å². The molecule has 2 unspecified atom stereocenters. The van der Waals surface area contributed by atoms with Crippen LogP contribution >= 0.6 is 31.9 Å². The lowest BCUT2D eigenvalue weighted by Crippen LogP contribution is -2.34. The Labute approximate surface area is 141 Å². The van der Waals surface area contributed by atoms with E-state index in [1.54, 1.807) is 6.07 Å². The molecule has 0 aliphatic carbocycles. The zero-order chi connectivity index (χ0) is 14.8. The van der Waals surface area contributed by atoms with Crippen molar-refractivity contribution in [3.8, 4) is 0 Å². The monoisotopic (exact) mass is 411 g/mol. The molecular weight excluding hydrogens is 397 g/mol. The molecule has 4 heteroatoms. The smallest absolute Gasteiger partial charge is 0.127 e. The summed E-state index contributed by atoms with van der Waals surface area (Å²) < 4.78 is 16.2. The van der Waals surface area contributed by atoms with Crippen LogP contribution in [0.15, 0.2) is 51.4 Å². The summed E-state index contributed by atoms with van der Waals surface area (Å²) in [5, 5.41) is 3.44. The predicted octanol–water partition coefficient (Wildman–Crippen LogP) is 5.21. The molecule has 1 heterocycles. The first-order valence-electron chi connectivity index (χ1n) is 7.06. The van der Waals surface area contributed by atoms with E-state index in [1.807, 2.05) is 12.1 Å². The minimum atomic E-state index is -0.113. The quantitative estimate of drug-likeness (QED) is 0.713. The molecule has 1 aliphatic rings. The summed E-state index contributed by atoms with van der Waals surface area (Å²) in [7, 11) is 0. The molecule has 1 saturated heterocycles. The molecule has 0 aromatic heterocycles. The lowest BCUT2D eigenvalue weighted by atomic mass is 9.77. The van der Waals surface area contributed by atoms with Crippen LogP contribution in [-0.4, -0.2) is 13.1 Å².